The summed E-state index contributed by atoms with van der Waals surface area (Å²) in [4.78, 5) is 8.89. The van der Waals surface area contributed by atoms with Crippen LogP contribution in [0.1, 0.15) is 5.56 Å². The minimum atomic E-state index is 0.710. The van der Waals surface area contributed by atoms with Gasteiger partial charge in [-0.3, -0.25) is 0 Å². The van der Waals surface area contributed by atoms with Crippen LogP contribution in [-0.4, -0.2) is 9.97 Å². The number of aryl methyl sites for hydroxylation is 1. The third-order valence-electron chi connectivity index (χ3n) is 3.28. The van der Waals surface area contributed by atoms with Crippen LogP contribution < -0.4 is 5.73 Å². The van der Waals surface area contributed by atoms with E-state index < -0.39 is 0 Å². The highest BCUT2D eigenvalue weighted by molar-refractivity contribution is 5.67. The van der Waals surface area contributed by atoms with Gasteiger partial charge < -0.3 is 5.73 Å². The van der Waals surface area contributed by atoms with Crippen molar-refractivity contribution in [1.82, 2.24) is 9.97 Å². The molecule has 3 aromatic rings. The molecule has 3 nitrogen and oxygen atoms in total. The third-order valence-corrected chi connectivity index (χ3v) is 3.28. The van der Waals surface area contributed by atoms with Crippen molar-refractivity contribution in [2.45, 2.75) is 6.92 Å². The summed E-state index contributed by atoms with van der Waals surface area (Å²) in [6, 6.07) is 15.8. The topological polar surface area (TPSA) is 51.8 Å². The molecule has 1 heterocycles. The number of nitrogen functional groups attached to an aromatic ring is 1. The first-order chi connectivity index (χ1) is 9.74. The molecule has 3 rings (SSSR count). The molecule has 3 heteroatoms. The van der Waals surface area contributed by atoms with Gasteiger partial charge in [-0.2, -0.15) is 0 Å². The van der Waals surface area contributed by atoms with Crippen LogP contribution in [0, 0.1) is 6.92 Å². The normalized spacial score (nSPS) is 10.4. The van der Waals surface area contributed by atoms with Crippen molar-refractivity contribution < 1.29 is 0 Å². The van der Waals surface area contributed by atoms with Crippen molar-refractivity contribution in [3.05, 3.63) is 66.5 Å². The van der Waals surface area contributed by atoms with E-state index in [0.29, 0.717) is 5.82 Å². The van der Waals surface area contributed by atoms with Crippen molar-refractivity contribution in [3.8, 4) is 22.5 Å². The van der Waals surface area contributed by atoms with Gasteiger partial charge in [0.25, 0.3) is 0 Å². The minimum Gasteiger partial charge on any atom is -0.399 e. The predicted octanol–water partition coefficient (Wildman–Crippen LogP) is 3.70. The third kappa shape index (κ3) is 2.38. The van der Waals surface area contributed by atoms with Crippen LogP contribution in [0.2, 0.25) is 0 Å². The molecule has 1 aromatic heterocycles. The average molecular weight is 261 g/mol. The quantitative estimate of drug-likeness (QED) is 0.715. The molecule has 0 aliphatic heterocycles. The lowest BCUT2D eigenvalue weighted by atomic mass is 10.0. The maximum absolute atomic E-state index is 5.68. The van der Waals surface area contributed by atoms with E-state index in [1.807, 2.05) is 48.8 Å². The van der Waals surface area contributed by atoms with Gasteiger partial charge in [-0.15, -0.1) is 0 Å². The number of aromatic nitrogens is 2. The maximum Gasteiger partial charge on any atom is 0.159 e. The molecule has 0 aliphatic rings. The van der Waals surface area contributed by atoms with Crippen molar-refractivity contribution in [2.75, 3.05) is 5.73 Å². The largest absolute Gasteiger partial charge is 0.399 e. The fourth-order valence-corrected chi connectivity index (χ4v) is 2.15. The van der Waals surface area contributed by atoms with E-state index in [2.05, 4.69) is 29.0 Å². The molecule has 2 aromatic carbocycles. The van der Waals surface area contributed by atoms with E-state index >= 15 is 0 Å². The molecule has 20 heavy (non-hydrogen) atoms. The molecule has 0 unspecified atom stereocenters. The second-order valence-electron chi connectivity index (χ2n) is 4.73. The molecular weight excluding hydrogens is 246 g/mol. The van der Waals surface area contributed by atoms with E-state index in [-0.39, 0.29) is 0 Å². The Morgan fingerprint density at radius 1 is 0.800 bits per heavy atom. The van der Waals surface area contributed by atoms with Crippen LogP contribution in [0.3, 0.4) is 0 Å². The number of benzene rings is 2. The highest BCUT2D eigenvalue weighted by atomic mass is 14.9. The van der Waals surface area contributed by atoms with E-state index in [1.54, 1.807) is 0 Å². The molecule has 0 saturated carbocycles. The predicted molar refractivity (Wildman–Crippen MR) is 82.1 cm³/mol. The summed E-state index contributed by atoms with van der Waals surface area (Å²) in [6.07, 6.45) is 3.72. The lowest BCUT2D eigenvalue weighted by molar-refractivity contribution is 1.18. The Kier molecular flexibility index (Phi) is 3.17. The molecule has 0 atom stereocenters. The smallest absolute Gasteiger partial charge is 0.159 e. The Bertz CT molecular complexity index is 716. The molecule has 0 aliphatic carbocycles. The fourth-order valence-electron chi connectivity index (χ4n) is 2.15. The van der Waals surface area contributed by atoms with E-state index in [1.165, 1.54) is 5.56 Å². The number of nitrogens with two attached hydrogens (primary N) is 1. The molecule has 0 radical (unpaired) electrons. The first-order valence-corrected chi connectivity index (χ1v) is 6.48. The van der Waals surface area contributed by atoms with E-state index in [0.717, 1.165) is 22.4 Å². The average Bonchev–Trinajstić information content (AvgIpc) is 2.49. The Labute approximate surface area is 118 Å². The standard InChI is InChI=1S/C17H15N3/c1-12-4-2-3-5-16(12)14-10-19-17(20-11-14)13-6-8-15(18)9-7-13/h2-11H,18H2,1H3. The van der Waals surface area contributed by atoms with Crippen LogP contribution in [0.4, 0.5) is 5.69 Å². The molecular formula is C17H15N3. The Hall–Kier alpha value is -2.68. The van der Waals surface area contributed by atoms with Gasteiger partial charge in [-0.1, -0.05) is 24.3 Å². The molecule has 0 fully saturated rings. The molecule has 2 N–H and O–H groups in total. The summed E-state index contributed by atoms with van der Waals surface area (Å²) in [5, 5.41) is 0. The number of hydrogen-bond acceptors (Lipinski definition) is 3. The van der Waals surface area contributed by atoms with E-state index in [9.17, 15) is 0 Å². The SMILES string of the molecule is Cc1ccccc1-c1cnc(-c2ccc(N)cc2)nc1. The molecule has 0 saturated heterocycles. The Morgan fingerprint density at radius 2 is 1.45 bits per heavy atom. The van der Waals surface area contributed by atoms with Gasteiger partial charge >= 0.3 is 0 Å². The van der Waals surface area contributed by atoms with Crippen molar-refractivity contribution in [2.24, 2.45) is 0 Å². The minimum absolute atomic E-state index is 0.710. The zero-order valence-electron chi connectivity index (χ0n) is 11.2. The number of rotatable bonds is 2. The van der Waals surface area contributed by atoms with Crippen molar-refractivity contribution in [1.29, 1.82) is 0 Å². The summed E-state index contributed by atoms with van der Waals surface area (Å²) in [5.41, 5.74) is 10.8. The maximum atomic E-state index is 5.68. The number of anilines is 1. The van der Waals surface area contributed by atoms with Gasteiger partial charge in [0.15, 0.2) is 5.82 Å². The molecule has 0 bridgehead atoms. The summed E-state index contributed by atoms with van der Waals surface area (Å²) < 4.78 is 0. The van der Waals surface area contributed by atoms with Gasteiger partial charge in [0.1, 0.15) is 0 Å². The first kappa shape index (κ1) is 12.4. The van der Waals surface area contributed by atoms with E-state index in [4.69, 9.17) is 5.73 Å². The Morgan fingerprint density at radius 3 is 2.10 bits per heavy atom. The second-order valence-corrected chi connectivity index (χ2v) is 4.73. The zero-order chi connectivity index (χ0) is 13.9. The van der Waals surface area contributed by atoms with Gasteiger partial charge in [-0.25, -0.2) is 9.97 Å². The van der Waals surface area contributed by atoms with Crippen LogP contribution in [0.25, 0.3) is 22.5 Å². The highest BCUT2D eigenvalue weighted by Crippen LogP contribution is 2.23. The van der Waals surface area contributed by atoms with Gasteiger partial charge in [0.05, 0.1) is 0 Å². The summed E-state index contributed by atoms with van der Waals surface area (Å²) in [7, 11) is 0. The number of nitrogens with zero attached hydrogens (tertiary/aromatic N) is 2. The van der Waals surface area contributed by atoms with Crippen molar-refractivity contribution >= 4 is 5.69 Å². The van der Waals surface area contributed by atoms with Crippen molar-refractivity contribution in [3.63, 3.8) is 0 Å². The van der Waals surface area contributed by atoms with Crippen LogP contribution in [0.5, 0.6) is 0 Å². The van der Waals surface area contributed by atoms with Gasteiger partial charge in [0.2, 0.25) is 0 Å². The molecule has 0 amide bonds. The lowest BCUT2D eigenvalue weighted by Crippen LogP contribution is -1.91. The Balaban J connectivity index is 1.96. The first-order valence-electron chi connectivity index (χ1n) is 6.48. The fraction of sp³-hybridized carbons (Fsp3) is 0.0588. The van der Waals surface area contributed by atoms with Crippen LogP contribution >= 0.6 is 0 Å². The van der Waals surface area contributed by atoms with Crippen LogP contribution in [-0.2, 0) is 0 Å². The molecule has 0 spiro atoms. The summed E-state index contributed by atoms with van der Waals surface area (Å²) >= 11 is 0. The number of hydrogen-bond donors (Lipinski definition) is 1. The lowest BCUT2D eigenvalue weighted by Gasteiger charge is -2.06. The highest BCUT2D eigenvalue weighted by Gasteiger charge is 2.04. The zero-order valence-corrected chi connectivity index (χ0v) is 11.2. The van der Waals surface area contributed by atoms with Gasteiger partial charge in [-0.05, 0) is 42.3 Å². The second kappa shape index (κ2) is 5.13. The summed E-state index contributed by atoms with van der Waals surface area (Å²) in [6.45, 7) is 2.09. The van der Waals surface area contributed by atoms with Crippen LogP contribution in [0.15, 0.2) is 60.9 Å². The molecule has 98 valence electrons. The summed E-state index contributed by atoms with van der Waals surface area (Å²) in [5.74, 6) is 0.710. The van der Waals surface area contributed by atoms with Gasteiger partial charge in [0, 0.05) is 29.2 Å². The monoisotopic (exact) mass is 261 g/mol.